The fourth-order valence-corrected chi connectivity index (χ4v) is 2.79. The number of nitrogens with zero attached hydrogens (tertiary/aromatic N) is 5. The Kier molecular flexibility index (Phi) is 6.11. The molecule has 3 rings (SSSR count). The van der Waals surface area contributed by atoms with Gasteiger partial charge in [0.05, 0.1) is 11.3 Å². The minimum absolute atomic E-state index is 0.241. The lowest BCUT2D eigenvalue weighted by Gasteiger charge is -2.25. The number of amides is 1. The number of aromatic nitrogens is 4. The molecule has 0 aliphatic rings. The molecule has 0 saturated carbocycles. The van der Waals surface area contributed by atoms with Crippen LogP contribution in [0.2, 0.25) is 0 Å². The number of tetrazole rings is 1. The summed E-state index contributed by atoms with van der Waals surface area (Å²) in [5.74, 6) is -0.813. The van der Waals surface area contributed by atoms with Crippen LogP contribution >= 0.6 is 0 Å². The van der Waals surface area contributed by atoms with Gasteiger partial charge in [0.25, 0.3) is 5.91 Å². The van der Waals surface area contributed by atoms with Crippen LogP contribution in [-0.4, -0.2) is 50.1 Å². The summed E-state index contributed by atoms with van der Waals surface area (Å²) in [5, 5.41) is 11.0. The third-order valence-electron chi connectivity index (χ3n) is 4.34. The summed E-state index contributed by atoms with van der Waals surface area (Å²) in [6.45, 7) is 4.86. The molecular formula is C20H21N5O3. The van der Waals surface area contributed by atoms with Gasteiger partial charge in [-0.25, -0.2) is 9.48 Å². The highest BCUT2D eigenvalue weighted by atomic mass is 16.5. The first-order valence-electron chi connectivity index (χ1n) is 9.02. The lowest BCUT2D eigenvalue weighted by Crippen LogP contribution is -2.36. The van der Waals surface area contributed by atoms with E-state index in [1.807, 2.05) is 32.0 Å². The lowest BCUT2D eigenvalue weighted by atomic mass is 10.1. The van der Waals surface area contributed by atoms with Crippen molar-refractivity contribution in [1.29, 1.82) is 0 Å². The number of likely N-dealkylation sites (N-methyl/N-ethyl adjacent to an activating group) is 1. The Morgan fingerprint density at radius 2 is 1.71 bits per heavy atom. The SMILES string of the molecule is CCN(CC)C(=O)[C@@H](OC(=O)c1ccc(-n2cnnn2)cc1)c1ccccc1. The number of ether oxygens (including phenoxy) is 1. The first-order chi connectivity index (χ1) is 13.6. The molecule has 0 fully saturated rings. The van der Waals surface area contributed by atoms with Crippen molar-refractivity contribution in [2.75, 3.05) is 13.1 Å². The lowest BCUT2D eigenvalue weighted by molar-refractivity contribution is -0.140. The van der Waals surface area contributed by atoms with Crippen molar-refractivity contribution in [2.24, 2.45) is 0 Å². The van der Waals surface area contributed by atoms with Gasteiger partial charge < -0.3 is 9.64 Å². The maximum absolute atomic E-state index is 12.9. The van der Waals surface area contributed by atoms with Gasteiger partial charge in [0, 0.05) is 18.7 Å². The summed E-state index contributed by atoms with van der Waals surface area (Å²) < 4.78 is 7.10. The van der Waals surface area contributed by atoms with Gasteiger partial charge in [0.1, 0.15) is 6.33 Å². The minimum Gasteiger partial charge on any atom is -0.444 e. The second kappa shape index (κ2) is 8.90. The number of rotatable bonds is 7. The fourth-order valence-electron chi connectivity index (χ4n) is 2.79. The monoisotopic (exact) mass is 379 g/mol. The Balaban J connectivity index is 1.82. The molecule has 0 aliphatic heterocycles. The van der Waals surface area contributed by atoms with Gasteiger partial charge in [0.2, 0.25) is 6.10 Å². The summed E-state index contributed by atoms with van der Waals surface area (Å²) >= 11 is 0. The van der Waals surface area contributed by atoms with Crippen LogP contribution in [0.25, 0.3) is 5.69 Å². The fraction of sp³-hybridized carbons (Fsp3) is 0.250. The van der Waals surface area contributed by atoms with Gasteiger partial charge in [-0.1, -0.05) is 30.3 Å². The molecule has 0 bridgehead atoms. The molecule has 3 aromatic rings. The van der Waals surface area contributed by atoms with Crippen molar-refractivity contribution in [3.63, 3.8) is 0 Å². The number of hydrogen-bond donors (Lipinski definition) is 0. The zero-order valence-electron chi connectivity index (χ0n) is 15.7. The maximum atomic E-state index is 12.9. The highest BCUT2D eigenvalue weighted by molar-refractivity contribution is 5.92. The van der Waals surface area contributed by atoms with E-state index >= 15 is 0 Å². The van der Waals surface area contributed by atoms with Crippen molar-refractivity contribution in [2.45, 2.75) is 20.0 Å². The Labute approximate surface area is 162 Å². The quantitative estimate of drug-likeness (QED) is 0.586. The summed E-state index contributed by atoms with van der Waals surface area (Å²) in [6.07, 6.45) is 0.467. The van der Waals surface area contributed by atoms with E-state index in [2.05, 4.69) is 15.5 Å². The van der Waals surface area contributed by atoms with Gasteiger partial charge in [-0.2, -0.15) is 0 Å². The molecule has 1 heterocycles. The Bertz CT molecular complexity index is 907. The molecule has 1 aromatic heterocycles. The van der Waals surface area contributed by atoms with Crippen molar-refractivity contribution >= 4 is 11.9 Å². The Hall–Kier alpha value is -3.55. The third kappa shape index (κ3) is 4.22. The van der Waals surface area contributed by atoms with E-state index in [0.29, 0.717) is 29.9 Å². The van der Waals surface area contributed by atoms with Crippen LogP contribution in [-0.2, 0) is 9.53 Å². The number of carbonyl (C=O) groups is 2. The highest BCUT2D eigenvalue weighted by Crippen LogP contribution is 2.22. The molecular weight excluding hydrogens is 358 g/mol. The highest BCUT2D eigenvalue weighted by Gasteiger charge is 2.28. The van der Waals surface area contributed by atoms with Gasteiger partial charge in [-0.05, 0) is 48.5 Å². The molecule has 0 spiro atoms. The van der Waals surface area contributed by atoms with Crippen LogP contribution in [0.4, 0.5) is 0 Å². The van der Waals surface area contributed by atoms with Crippen LogP contribution in [0, 0.1) is 0 Å². The van der Waals surface area contributed by atoms with E-state index < -0.39 is 12.1 Å². The van der Waals surface area contributed by atoms with E-state index in [9.17, 15) is 9.59 Å². The molecule has 0 saturated heterocycles. The molecule has 0 unspecified atom stereocenters. The van der Waals surface area contributed by atoms with Crippen LogP contribution in [0.1, 0.15) is 35.9 Å². The van der Waals surface area contributed by atoms with Crippen molar-refractivity contribution < 1.29 is 14.3 Å². The normalized spacial score (nSPS) is 11.6. The summed E-state index contributed by atoms with van der Waals surface area (Å²) in [6, 6.07) is 15.7. The molecule has 0 radical (unpaired) electrons. The van der Waals surface area contributed by atoms with Gasteiger partial charge in [0.15, 0.2) is 0 Å². The summed E-state index contributed by atoms with van der Waals surface area (Å²) in [4.78, 5) is 27.2. The number of benzene rings is 2. The maximum Gasteiger partial charge on any atom is 0.339 e. The third-order valence-corrected chi connectivity index (χ3v) is 4.34. The predicted molar refractivity (Wildman–Crippen MR) is 102 cm³/mol. The van der Waals surface area contributed by atoms with E-state index in [1.54, 1.807) is 41.3 Å². The molecule has 2 aromatic carbocycles. The molecule has 8 nitrogen and oxygen atoms in total. The second-order valence-corrected chi connectivity index (χ2v) is 6.01. The van der Waals surface area contributed by atoms with Gasteiger partial charge in [-0.3, -0.25) is 4.79 Å². The second-order valence-electron chi connectivity index (χ2n) is 6.01. The summed E-state index contributed by atoms with van der Waals surface area (Å²) in [5.41, 5.74) is 1.68. The molecule has 0 N–H and O–H groups in total. The van der Waals surface area contributed by atoms with Crippen LogP contribution in [0.15, 0.2) is 60.9 Å². The van der Waals surface area contributed by atoms with Crippen molar-refractivity contribution in [3.8, 4) is 5.69 Å². The van der Waals surface area contributed by atoms with E-state index in [0.717, 1.165) is 0 Å². The molecule has 1 atom stereocenters. The van der Waals surface area contributed by atoms with E-state index in [1.165, 1.54) is 11.0 Å². The zero-order valence-corrected chi connectivity index (χ0v) is 15.7. The van der Waals surface area contributed by atoms with Gasteiger partial charge in [-0.15, -0.1) is 5.10 Å². The standard InChI is InChI=1S/C20H21N5O3/c1-3-24(4-2)19(26)18(15-8-6-5-7-9-15)28-20(27)16-10-12-17(13-11-16)25-14-21-22-23-25/h5-14,18H,3-4H2,1-2H3/t18-/m0/s1. The minimum atomic E-state index is -0.993. The van der Waals surface area contributed by atoms with Crippen LogP contribution in [0.3, 0.4) is 0 Å². The van der Waals surface area contributed by atoms with E-state index in [4.69, 9.17) is 4.74 Å². The first-order valence-corrected chi connectivity index (χ1v) is 9.02. The predicted octanol–water partition coefficient (Wildman–Crippen LogP) is 2.43. The molecule has 1 amide bonds. The number of carbonyl (C=O) groups excluding carboxylic acids is 2. The van der Waals surface area contributed by atoms with Crippen molar-refractivity contribution in [1.82, 2.24) is 25.1 Å². The first kappa shape index (κ1) is 19.2. The van der Waals surface area contributed by atoms with Crippen LogP contribution in [0.5, 0.6) is 0 Å². The Morgan fingerprint density at radius 1 is 1.04 bits per heavy atom. The van der Waals surface area contributed by atoms with Crippen LogP contribution < -0.4 is 0 Å². The average molecular weight is 379 g/mol. The van der Waals surface area contributed by atoms with Crippen molar-refractivity contribution in [3.05, 3.63) is 72.1 Å². The molecule has 28 heavy (non-hydrogen) atoms. The smallest absolute Gasteiger partial charge is 0.339 e. The zero-order chi connectivity index (χ0) is 19.9. The molecule has 8 heteroatoms. The number of esters is 1. The topological polar surface area (TPSA) is 90.2 Å². The summed E-state index contributed by atoms with van der Waals surface area (Å²) in [7, 11) is 0. The average Bonchev–Trinajstić information content (AvgIpc) is 3.28. The molecule has 0 aliphatic carbocycles. The largest absolute Gasteiger partial charge is 0.444 e. The van der Waals surface area contributed by atoms with Gasteiger partial charge >= 0.3 is 5.97 Å². The Morgan fingerprint density at radius 3 is 2.29 bits per heavy atom. The van der Waals surface area contributed by atoms with E-state index in [-0.39, 0.29) is 5.91 Å². The molecule has 144 valence electrons. The number of hydrogen-bond acceptors (Lipinski definition) is 6.